The standard InChI is InChI=1S/C16H16BrN3O2S/c17-11-5-3-10(4-6-11)16(7-1-2-8-16)14(22)20-15-19-9-12(23-15)13(18)21/h3-6,9H,1-2,7-8H2,(H2,18,21)(H,19,20,22). The summed E-state index contributed by atoms with van der Waals surface area (Å²) in [6, 6.07) is 7.89. The molecule has 1 aromatic heterocycles. The molecule has 0 bridgehead atoms. The fourth-order valence-electron chi connectivity index (χ4n) is 3.06. The molecule has 1 aliphatic carbocycles. The van der Waals surface area contributed by atoms with Crippen LogP contribution in [-0.4, -0.2) is 16.8 Å². The zero-order valence-electron chi connectivity index (χ0n) is 12.3. The van der Waals surface area contributed by atoms with E-state index in [9.17, 15) is 9.59 Å². The van der Waals surface area contributed by atoms with Gasteiger partial charge in [-0.3, -0.25) is 9.59 Å². The molecule has 5 nitrogen and oxygen atoms in total. The lowest BCUT2D eigenvalue weighted by atomic mass is 9.78. The van der Waals surface area contributed by atoms with Crippen molar-refractivity contribution in [3.05, 3.63) is 45.4 Å². The van der Waals surface area contributed by atoms with Gasteiger partial charge in [-0.15, -0.1) is 0 Å². The smallest absolute Gasteiger partial charge is 0.260 e. The first-order chi connectivity index (χ1) is 11.0. The van der Waals surface area contributed by atoms with Gasteiger partial charge in [-0.25, -0.2) is 4.98 Å². The van der Waals surface area contributed by atoms with Gasteiger partial charge in [0.2, 0.25) is 5.91 Å². The maximum Gasteiger partial charge on any atom is 0.260 e. The Bertz CT molecular complexity index is 736. The topological polar surface area (TPSA) is 85.1 Å². The lowest BCUT2D eigenvalue weighted by molar-refractivity contribution is -0.121. The van der Waals surface area contributed by atoms with Gasteiger partial charge >= 0.3 is 0 Å². The summed E-state index contributed by atoms with van der Waals surface area (Å²) in [7, 11) is 0. The summed E-state index contributed by atoms with van der Waals surface area (Å²) >= 11 is 4.53. The molecule has 3 N–H and O–H groups in total. The summed E-state index contributed by atoms with van der Waals surface area (Å²) in [6.45, 7) is 0. The number of rotatable bonds is 4. The SMILES string of the molecule is NC(=O)c1cnc(NC(=O)C2(c3ccc(Br)cc3)CCCC2)s1. The predicted molar refractivity (Wildman–Crippen MR) is 93.5 cm³/mol. The summed E-state index contributed by atoms with van der Waals surface area (Å²) < 4.78 is 0.987. The molecule has 3 rings (SSSR count). The van der Waals surface area contributed by atoms with Gasteiger partial charge in [-0.2, -0.15) is 0 Å². The number of hydrogen-bond donors (Lipinski definition) is 2. The van der Waals surface area contributed by atoms with E-state index in [1.54, 1.807) is 0 Å². The molecule has 0 atom stereocenters. The van der Waals surface area contributed by atoms with Crippen molar-refractivity contribution in [3.63, 3.8) is 0 Å². The highest BCUT2D eigenvalue weighted by Crippen LogP contribution is 2.42. The minimum Gasteiger partial charge on any atom is -0.365 e. The molecule has 2 aromatic rings. The molecule has 1 fully saturated rings. The molecule has 0 unspecified atom stereocenters. The predicted octanol–water partition coefficient (Wildman–Crippen LogP) is 3.46. The first kappa shape index (κ1) is 16.1. The van der Waals surface area contributed by atoms with Crippen LogP contribution in [-0.2, 0) is 10.2 Å². The van der Waals surface area contributed by atoms with Crippen LogP contribution < -0.4 is 11.1 Å². The Morgan fingerprint density at radius 1 is 1.22 bits per heavy atom. The summed E-state index contributed by atoms with van der Waals surface area (Å²) in [5.41, 5.74) is 5.71. The number of nitrogens with one attached hydrogen (secondary N) is 1. The second-order valence-corrected chi connectivity index (χ2v) is 7.59. The number of nitrogens with zero attached hydrogens (tertiary/aromatic N) is 1. The molecule has 2 amide bonds. The number of hydrogen-bond acceptors (Lipinski definition) is 4. The van der Waals surface area contributed by atoms with Crippen molar-refractivity contribution in [1.29, 1.82) is 0 Å². The van der Waals surface area contributed by atoms with Gasteiger partial charge in [-0.1, -0.05) is 52.2 Å². The van der Waals surface area contributed by atoms with Gasteiger partial charge in [0.05, 0.1) is 11.6 Å². The van der Waals surface area contributed by atoms with E-state index < -0.39 is 11.3 Å². The third-order valence-corrected chi connectivity index (χ3v) is 5.71. The average molecular weight is 394 g/mol. The maximum absolute atomic E-state index is 12.9. The molecule has 0 spiro atoms. The monoisotopic (exact) mass is 393 g/mol. The first-order valence-electron chi connectivity index (χ1n) is 7.34. The van der Waals surface area contributed by atoms with Gasteiger partial charge in [0, 0.05) is 4.47 Å². The fraction of sp³-hybridized carbons (Fsp3) is 0.312. The third kappa shape index (κ3) is 3.16. The minimum absolute atomic E-state index is 0.0670. The van der Waals surface area contributed by atoms with E-state index in [2.05, 4.69) is 26.2 Å². The van der Waals surface area contributed by atoms with E-state index in [0.29, 0.717) is 10.0 Å². The van der Waals surface area contributed by atoms with Crippen LogP contribution in [0.3, 0.4) is 0 Å². The lowest BCUT2D eigenvalue weighted by Gasteiger charge is -2.27. The first-order valence-corrected chi connectivity index (χ1v) is 8.95. The minimum atomic E-state index is -0.536. The van der Waals surface area contributed by atoms with Crippen LogP contribution in [0.15, 0.2) is 34.9 Å². The average Bonchev–Trinajstić information content (AvgIpc) is 3.17. The van der Waals surface area contributed by atoms with Crippen molar-refractivity contribution in [1.82, 2.24) is 4.98 Å². The molecule has 120 valence electrons. The van der Waals surface area contributed by atoms with Gasteiger partial charge in [0.1, 0.15) is 4.88 Å². The van der Waals surface area contributed by atoms with Crippen LogP contribution in [0.2, 0.25) is 0 Å². The van der Waals surface area contributed by atoms with Crippen molar-refractivity contribution in [3.8, 4) is 0 Å². The Labute approximate surface area is 146 Å². The number of nitrogens with two attached hydrogens (primary N) is 1. The molecule has 7 heteroatoms. The maximum atomic E-state index is 12.9. The van der Waals surface area contributed by atoms with E-state index in [0.717, 1.165) is 47.1 Å². The van der Waals surface area contributed by atoms with Crippen LogP contribution in [0, 0.1) is 0 Å². The van der Waals surface area contributed by atoms with Crippen molar-refractivity contribution in [2.24, 2.45) is 5.73 Å². The number of amides is 2. The Kier molecular flexibility index (Phi) is 4.50. The van der Waals surface area contributed by atoms with Crippen LogP contribution in [0.4, 0.5) is 5.13 Å². The van der Waals surface area contributed by atoms with E-state index in [1.165, 1.54) is 6.20 Å². The summed E-state index contributed by atoms with van der Waals surface area (Å²) in [6.07, 6.45) is 5.06. The highest BCUT2D eigenvalue weighted by molar-refractivity contribution is 9.10. The van der Waals surface area contributed by atoms with E-state index in [-0.39, 0.29) is 5.91 Å². The van der Waals surface area contributed by atoms with Crippen molar-refractivity contribution < 1.29 is 9.59 Å². The molecule has 0 aliphatic heterocycles. The quantitative estimate of drug-likeness (QED) is 0.833. The summed E-state index contributed by atoms with van der Waals surface area (Å²) in [5.74, 6) is -0.603. The molecule has 1 aliphatic rings. The number of thiazole rings is 1. The Balaban J connectivity index is 1.86. The number of aromatic nitrogens is 1. The van der Waals surface area contributed by atoms with Crippen LogP contribution in [0.5, 0.6) is 0 Å². The zero-order chi connectivity index (χ0) is 16.4. The third-order valence-electron chi connectivity index (χ3n) is 4.26. The van der Waals surface area contributed by atoms with Crippen LogP contribution in [0.25, 0.3) is 0 Å². The highest BCUT2D eigenvalue weighted by Gasteiger charge is 2.42. The molecule has 0 radical (unpaired) electrons. The van der Waals surface area contributed by atoms with Gasteiger partial charge < -0.3 is 11.1 Å². The highest BCUT2D eigenvalue weighted by atomic mass is 79.9. The summed E-state index contributed by atoms with van der Waals surface area (Å²) in [4.78, 5) is 28.5. The summed E-state index contributed by atoms with van der Waals surface area (Å²) in [5, 5.41) is 3.27. The van der Waals surface area contributed by atoms with Gasteiger partial charge in [0.25, 0.3) is 5.91 Å². The van der Waals surface area contributed by atoms with Crippen LogP contribution >= 0.6 is 27.3 Å². The Morgan fingerprint density at radius 3 is 2.43 bits per heavy atom. The molecule has 23 heavy (non-hydrogen) atoms. The molecular weight excluding hydrogens is 378 g/mol. The van der Waals surface area contributed by atoms with E-state index in [4.69, 9.17) is 5.73 Å². The number of primary amides is 1. The van der Waals surface area contributed by atoms with E-state index >= 15 is 0 Å². The molecular formula is C16H16BrN3O2S. The number of carbonyl (C=O) groups excluding carboxylic acids is 2. The Morgan fingerprint density at radius 2 is 1.87 bits per heavy atom. The Hall–Kier alpha value is -1.73. The number of benzene rings is 1. The van der Waals surface area contributed by atoms with E-state index in [1.807, 2.05) is 24.3 Å². The lowest BCUT2D eigenvalue weighted by Crippen LogP contribution is -2.37. The second-order valence-electron chi connectivity index (χ2n) is 5.64. The van der Waals surface area contributed by atoms with Crippen molar-refractivity contribution in [2.75, 3.05) is 5.32 Å². The van der Waals surface area contributed by atoms with Crippen molar-refractivity contribution in [2.45, 2.75) is 31.1 Å². The zero-order valence-corrected chi connectivity index (χ0v) is 14.7. The normalized spacial score (nSPS) is 16.2. The van der Waals surface area contributed by atoms with Crippen molar-refractivity contribution >= 4 is 44.2 Å². The number of carbonyl (C=O) groups is 2. The van der Waals surface area contributed by atoms with Gasteiger partial charge in [0.15, 0.2) is 5.13 Å². The largest absolute Gasteiger partial charge is 0.365 e. The molecule has 1 saturated carbocycles. The van der Waals surface area contributed by atoms with Gasteiger partial charge in [-0.05, 0) is 30.5 Å². The fourth-order valence-corrected chi connectivity index (χ4v) is 3.98. The molecule has 0 saturated heterocycles. The molecule has 1 aromatic carbocycles. The second kappa shape index (κ2) is 6.41. The van der Waals surface area contributed by atoms with Crippen LogP contribution in [0.1, 0.15) is 40.9 Å². The molecule has 1 heterocycles. The number of halogens is 1. The number of anilines is 1.